The third-order valence-corrected chi connectivity index (χ3v) is 6.16. The molecule has 4 rings (SSSR count). The second-order valence-corrected chi connectivity index (χ2v) is 8.19. The highest BCUT2D eigenvalue weighted by Crippen LogP contribution is 2.34. The Labute approximate surface area is 205 Å². The van der Waals surface area contributed by atoms with E-state index in [1.807, 2.05) is 30.3 Å². The molecule has 0 atom stereocenters. The summed E-state index contributed by atoms with van der Waals surface area (Å²) < 4.78 is 32.5. The zero-order valence-electron chi connectivity index (χ0n) is 20.5. The van der Waals surface area contributed by atoms with Crippen LogP contribution in [0.3, 0.4) is 0 Å². The minimum absolute atomic E-state index is 0.270. The Morgan fingerprint density at radius 3 is 1.91 bits per heavy atom. The van der Waals surface area contributed by atoms with Crippen molar-refractivity contribution in [1.82, 2.24) is 0 Å². The van der Waals surface area contributed by atoms with Gasteiger partial charge < -0.3 is 28.4 Å². The molecule has 0 unspecified atom stereocenters. The lowest BCUT2D eigenvalue weighted by atomic mass is 9.97. The normalized spacial score (nSPS) is 11.8. The van der Waals surface area contributed by atoms with Gasteiger partial charge in [-0.05, 0) is 78.3 Å². The Bertz CT molecular complexity index is 1200. The van der Waals surface area contributed by atoms with Crippen molar-refractivity contribution in [2.45, 2.75) is 25.7 Å². The molecule has 1 aliphatic rings. The summed E-state index contributed by atoms with van der Waals surface area (Å²) >= 11 is 0. The zero-order chi connectivity index (χ0) is 24.8. The average Bonchev–Trinajstić information content (AvgIpc) is 3.37. The maximum atomic E-state index is 11.9. The maximum absolute atomic E-state index is 11.9. The molecule has 7 heteroatoms. The quantitative estimate of drug-likeness (QED) is 0.388. The first-order chi connectivity index (χ1) is 17.1. The van der Waals surface area contributed by atoms with E-state index in [0.29, 0.717) is 11.3 Å². The number of methoxy groups -OCH3 is 4. The topological polar surface area (TPSA) is 72.5 Å². The van der Waals surface area contributed by atoms with E-state index in [0.717, 1.165) is 65.4 Å². The van der Waals surface area contributed by atoms with Crippen molar-refractivity contribution >= 4 is 5.97 Å². The van der Waals surface area contributed by atoms with Crippen LogP contribution in [-0.2, 0) is 30.4 Å². The van der Waals surface area contributed by atoms with E-state index in [1.54, 1.807) is 27.4 Å². The van der Waals surface area contributed by atoms with Gasteiger partial charge in [0.25, 0.3) is 0 Å². The number of hydrogen-bond acceptors (Lipinski definition) is 7. The largest absolute Gasteiger partial charge is 0.496 e. The van der Waals surface area contributed by atoms with E-state index in [9.17, 15) is 4.79 Å². The van der Waals surface area contributed by atoms with Gasteiger partial charge in [0.05, 0.1) is 28.4 Å². The summed E-state index contributed by atoms with van der Waals surface area (Å²) in [7, 11) is 6.24. The fraction of sp³-hybridized carbons (Fsp3) is 0.321. The molecule has 1 heterocycles. The summed E-state index contributed by atoms with van der Waals surface area (Å²) in [6, 6.07) is 15.7. The van der Waals surface area contributed by atoms with Crippen LogP contribution < -0.4 is 23.7 Å². The van der Waals surface area contributed by atoms with Gasteiger partial charge in [-0.25, -0.2) is 4.79 Å². The van der Waals surface area contributed by atoms with E-state index in [1.165, 1.54) is 12.7 Å². The van der Waals surface area contributed by atoms with Crippen molar-refractivity contribution in [2.24, 2.45) is 0 Å². The number of aryl methyl sites for hydroxylation is 4. The predicted octanol–water partition coefficient (Wildman–Crippen LogP) is 4.80. The van der Waals surface area contributed by atoms with E-state index in [2.05, 4.69) is 12.1 Å². The van der Waals surface area contributed by atoms with Gasteiger partial charge in [0.2, 0.25) is 6.79 Å². The monoisotopic (exact) mass is 478 g/mol. The average molecular weight is 479 g/mol. The fourth-order valence-electron chi connectivity index (χ4n) is 4.25. The molecule has 0 N–H and O–H groups in total. The SMILES string of the molecule is COC(=O)c1ccc(CCc2cc(CCc3ccc4c(c3)OCO4)c(OC)cc2OC)cc1OC. The van der Waals surface area contributed by atoms with Crippen molar-refractivity contribution in [1.29, 1.82) is 0 Å². The molecule has 0 bridgehead atoms. The molecule has 0 saturated heterocycles. The van der Waals surface area contributed by atoms with E-state index in [4.69, 9.17) is 28.4 Å². The Hall–Kier alpha value is -3.87. The van der Waals surface area contributed by atoms with Crippen LogP contribution in [-0.4, -0.2) is 41.2 Å². The summed E-state index contributed by atoms with van der Waals surface area (Å²) in [5.41, 5.74) is 4.83. The Morgan fingerprint density at radius 2 is 1.29 bits per heavy atom. The first-order valence-corrected chi connectivity index (χ1v) is 11.4. The lowest BCUT2D eigenvalue weighted by molar-refractivity contribution is 0.0597. The van der Waals surface area contributed by atoms with Crippen LogP contribution in [0.2, 0.25) is 0 Å². The standard InChI is InChI=1S/C28H30O7/c1-30-24-16-25(31-2)21(10-6-19-8-12-23-27(14-19)35-17-34-23)15-20(24)9-5-18-7-11-22(28(29)33-4)26(13-18)32-3/h7-8,11-16H,5-6,9-10,17H2,1-4H3. The lowest BCUT2D eigenvalue weighted by Gasteiger charge is -2.16. The minimum atomic E-state index is -0.419. The first-order valence-electron chi connectivity index (χ1n) is 11.4. The Morgan fingerprint density at radius 1 is 0.686 bits per heavy atom. The summed E-state index contributed by atoms with van der Waals surface area (Å²) in [5, 5.41) is 0. The second-order valence-electron chi connectivity index (χ2n) is 8.19. The highest BCUT2D eigenvalue weighted by molar-refractivity contribution is 5.92. The number of fused-ring (bicyclic) bond motifs is 1. The number of carbonyl (C=O) groups excluding carboxylic acids is 1. The molecule has 184 valence electrons. The molecule has 0 aliphatic carbocycles. The van der Waals surface area contributed by atoms with Crippen molar-refractivity contribution in [2.75, 3.05) is 35.2 Å². The Balaban J connectivity index is 1.51. The van der Waals surface area contributed by atoms with Crippen LogP contribution in [0.25, 0.3) is 0 Å². The number of esters is 1. The number of benzene rings is 3. The van der Waals surface area contributed by atoms with Crippen LogP contribution in [0.4, 0.5) is 0 Å². The van der Waals surface area contributed by atoms with Gasteiger partial charge in [0.1, 0.15) is 22.8 Å². The smallest absolute Gasteiger partial charge is 0.341 e. The van der Waals surface area contributed by atoms with Gasteiger partial charge in [-0.2, -0.15) is 0 Å². The maximum Gasteiger partial charge on any atom is 0.341 e. The highest BCUT2D eigenvalue weighted by atomic mass is 16.7. The van der Waals surface area contributed by atoms with Crippen LogP contribution in [0.1, 0.15) is 32.6 Å². The predicted molar refractivity (Wildman–Crippen MR) is 131 cm³/mol. The third kappa shape index (κ3) is 5.45. The molecule has 0 amide bonds. The molecule has 0 spiro atoms. The van der Waals surface area contributed by atoms with Crippen LogP contribution in [0.5, 0.6) is 28.7 Å². The molecule has 35 heavy (non-hydrogen) atoms. The summed E-state index contributed by atoms with van der Waals surface area (Å²) in [6.07, 6.45) is 3.15. The van der Waals surface area contributed by atoms with Crippen molar-refractivity contribution < 1.29 is 33.2 Å². The number of ether oxygens (including phenoxy) is 6. The summed E-state index contributed by atoms with van der Waals surface area (Å²) in [4.78, 5) is 11.9. The molecule has 3 aromatic carbocycles. The van der Waals surface area contributed by atoms with Crippen LogP contribution in [0.15, 0.2) is 48.5 Å². The van der Waals surface area contributed by atoms with Crippen LogP contribution in [0, 0.1) is 0 Å². The fourth-order valence-corrected chi connectivity index (χ4v) is 4.25. The molecule has 3 aromatic rings. The van der Waals surface area contributed by atoms with Crippen molar-refractivity contribution in [3.63, 3.8) is 0 Å². The molecule has 0 fully saturated rings. The van der Waals surface area contributed by atoms with Crippen molar-refractivity contribution in [3.8, 4) is 28.7 Å². The molecular formula is C28H30O7. The molecule has 0 radical (unpaired) electrons. The van der Waals surface area contributed by atoms with E-state index < -0.39 is 5.97 Å². The summed E-state index contributed by atoms with van der Waals surface area (Å²) in [6.45, 7) is 0.270. The molecular weight excluding hydrogens is 448 g/mol. The first kappa shape index (κ1) is 24.3. The molecule has 1 aliphatic heterocycles. The molecule has 0 aromatic heterocycles. The third-order valence-electron chi connectivity index (χ3n) is 6.16. The van der Waals surface area contributed by atoms with Gasteiger partial charge in [-0.15, -0.1) is 0 Å². The number of carbonyl (C=O) groups is 1. The summed E-state index contributed by atoms with van der Waals surface area (Å²) in [5.74, 6) is 3.24. The van der Waals surface area contributed by atoms with Gasteiger partial charge >= 0.3 is 5.97 Å². The van der Waals surface area contributed by atoms with Gasteiger partial charge in [-0.1, -0.05) is 12.1 Å². The number of hydrogen-bond donors (Lipinski definition) is 0. The molecule has 7 nitrogen and oxygen atoms in total. The Kier molecular flexibility index (Phi) is 7.65. The van der Waals surface area contributed by atoms with E-state index in [-0.39, 0.29) is 6.79 Å². The van der Waals surface area contributed by atoms with Gasteiger partial charge in [-0.3, -0.25) is 0 Å². The van der Waals surface area contributed by atoms with E-state index >= 15 is 0 Å². The molecule has 0 saturated carbocycles. The highest BCUT2D eigenvalue weighted by Gasteiger charge is 2.16. The minimum Gasteiger partial charge on any atom is -0.496 e. The van der Waals surface area contributed by atoms with Crippen molar-refractivity contribution in [3.05, 3.63) is 76.3 Å². The second kappa shape index (κ2) is 11.0. The van der Waals surface area contributed by atoms with Gasteiger partial charge in [0.15, 0.2) is 11.5 Å². The van der Waals surface area contributed by atoms with Gasteiger partial charge in [0, 0.05) is 6.07 Å². The zero-order valence-corrected chi connectivity index (χ0v) is 20.5. The lowest BCUT2D eigenvalue weighted by Crippen LogP contribution is -2.05. The van der Waals surface area contributed by atoms with Crippen LogP contribution >= 0.6 is 0 Å². The number of rotatable bonds is 10.